The molecule has 160 valence electrons. The van der Waals surface area contributed by atoms with Crippen LogP contribution in [0.1, 0.15) is 34.8 Å². The summed E-state index contributed by atoms with van der Waals surface area (Å²) in [6, 6.07) is 9.93. The van der Waals surface area contributed by atoms with Crippen LogP contribution in [0.2, 0.25) is 0 Å². The molecule has 2 fully saturated rings. The number of furan rings is 1. The highest BCUT2D eigenvalue weighted by molar-refractivity contribution is 8.01. The van der Waals surface area contributed by atoms with Crippen LogP contribution in [0.5, 0.6) is 0 Å². The van der Waals surface area contributed by atoms with Crippen molar-refractivity contribution in [3.63, 3.8) is 0 Å². The Balaban J connectivity index is 1.35. The van der Waals surface area contributed by atoms with Gasteiger partial charge in [-0.3, -0.25) is 14.5 Å². The van der Waals surface area contributed by atoms with E-state index in [1.807, 2.05) is 17.9 Å². The molecule has 2 aromatic rings. The molecule has 0 bridgehead atoms. The van der Waals surface area contributed by atoms with Gasteiger partial charge in [0, 0.05) is 39.3 Å². The summed E-state index contributed by atoms with van der Waals surface area (Å²) in [7, 11) is 0. The average Bonchev–Trinajstić information content (AvgIpc) is 3.40. The summed E-state index contributed by atoms with van der Waals surface area (Å²) < 4.78 is 19.0. The van der Waals surface area contributed by atoms with E-state index < -0.39 is 0 Å². The van der Waals surface area contributed by atoms with E-state index in [2.05, 4.69) is 4.90 Å². The number of rotatable bonds is 6. The number of carbonyl (C=O) groups is 2. The van der Waals surface area contributed by atoms with E-state index in [0.717, 1.165) is 31.6 Å². The maximum Gasteiger partial charge on any atom is 0.289 e. The lowest BCUT2D eigenvalue weighted by atomic mass is 10.2. The highest BCUT2D eigenvalue weighted by atomic mass is 32.2. The van der Waals surface area contributed by atoms with E-state index >= 15 is 0 Å². The minimum Gasteiger partial charge on any atom is -0.459 e. The highest BCUT2D eigenvalue weighted by Crippen LogP contribution is 2.44. The van der Waals surface area contributed by atoms with Crippen LogP contribution >= 0.6 is 11.8 Å². The van der Waals surface area contributed by atoms with Crippen LogP contribution in [-0.4, -0.2) is 71.0 Å². The van der Waals surface area contributed by atoms with Crippen molar-refractivity contribution in [2.75, 3.05) is 39.3 Å². The van der Waals surface area contributed by atoms with Crippen molar-refractivity contribution in [2.45, 2.75) is 24.0 Å². The van der Waals surface area contributed by atoms with Crippen LogP contribution in [0.25, 0.3) is 0 Å². The zero-order chi connectivity index (χ0) is 21.1. The van der Waals surface area contributed by atoms with Crippen molar-refractivity contribution in [1.82, 2.24) is 14.7 Å². The fourth-order valence-corrected chi connectivity index (χ4v) is 5.40. The molecule has 0 N–H and O–H groups in total. The zero-order valence-corrected chi connectivity index (χ0v) is 17.8. The Morgan fingerprint density at radius 3 is 2.63 bits per heavy atom. The summed E-state index contributed by atoms with van der Waals surface area (Å²) in [6.45, 7) is 6.11. The molecule has 8 heteroatoms. The Labute approximate surface area is 180 Å². The molecule has 0 unspecified atom stereocenters. The summed E-state index contributed by atoms with van der Waals surface area (Å²) in [5, 5.41) is -0.235. The molecule has 0 radical (unpaired) electrons. The fourth-order valence-electron chi connectivity index (χ4n) is 3.98. The molecule has 2 aliphatic heterocycles. The smallest absolute Gasteiger partial charge is 0.289 e. The second kappa shape index (κ2) is 9.22. The van der Waals surface area contributed by atoms with Crippen molar-refractivity contribution in [3.05, 3.63) is 59.8 Å². The molecule has 0 aliphatic carbocycles. The SMILES string of the molecule is CC[C@H]1S[C@H](c2cccc(F)c2)N(CCN2CCN(C(=O)c3ccco3)CC2)C1=O. The molecule has 3 heterocycles. The van der Waals surface area contributed by atoms with E-state index in [9.17, 15) is 14.0 Å². The molecule has 2 atom stereocenters. The van der Waals surface area contributed by atoms with Gasteiger partial charge in [0.1, 0.15) is 11.2 Å². The van der Waals surface area contributed by atoms with E-state index in [4.69, 9.17) is 4.42 Å². The molecule has 2 amide bonds. The van der Waals surface area contributed by atoms with Crippen molar-refractivity contribution < 1.29 is 18.4 Å². The first-order valence-corrected chi connectivity index (χ1v) is 11.3. The minimum absolute atomic E-state index is 0.0808. The van der Waals surface area contributed by atoms with Gasteiger partial charge in [-0.05, 0) is 36.2 Å². The molecule has 6 nitrogen and oxygen atoms in total. The molecule has 1 aromatic heterocycles. The Morgan fingerprint density at radius 2 is 1.97 bits per heavy atom. The maximum absolute atomic E-state index is 13.7. The minimum atomic E-state index is -0.280. The van der Waals surface area contributed by atoms with E-state index in [0.29, 0.717) is 25.4 Å². The maximum atomic E-state index is 13.7. The second-order valence-corrected chi connectivity index (χ2v) is 8.87. The first kappa shape index (κ1) is 20.9. The summed E-state index contributed by atoms with van der Waals surface area (Å²) in [5.41, 5.74) is 0.832. The molecule has 2 saturated heterocycles. The molecule has 1 aromatic carbocycles. The quantitative estimate of drug-likeness (QED) is 0.703. The monoisotopic (exact) mass is 431 g/mol. The molecular weight excluding hydrogens is 405 g/mol. The molecule has 2 aliphatic rings. The van der Waals surface area contributed by atoms with Gasteiger partial charge in [0.25, 0.3) is 5.91 Å². The zero-order valence-electron chi connectivity index (χ0n) is 17.0. The lowest BCUT2D eigenvalue weighted by Crippen LogP contribution is -2.50. The second-order valence-electron chi connectivity index (χ2n) is 7.58. The van der Waals surface area contributed by atoms with Gasteiger partial charge in [0.05, 0.1) is 11.5 Å². The Kier molecular flexibility index (Phi) is 6.43. The Morgan fingerprint density at radius 1 is 1.17 bits per heavy atom. The van der Waals surface area contributed by atoms with Crippen molar-refractivity contribution in [1.29, 1.82) is 0 Å². The molecule has 0 spiro atoms. The highest BCUT2D eigenvalue weighted by Gasteiger charge is 2.40. The fraction of sp³-hybridized carbons (Fsp3) is 0.455. The summed E-state index contributed by atoms with van der Waals surface area (Å²) >= 11 is 1.61. The Bertz CT molecular complexity index is 884. The average molecular weight is 432 g/mol. The van der Waals surface area contributed by atoms with E-state index in [1.165, 1.54) is 18.4 Å². The number of piperazine rings is 1. The van der Waals surface area contributed by atoms with Gasteiger partial charge in [-0.25, -0.2) is 4.39 Å². The predicted molar refractivity (Wildman–Crippen MR) is 114 cm³/mol. The first-order chi connectivity index (χ1) is 14.6. The molecule has 0 saturated carbocycles. The van der Waals surface area contributed by atoms with Gasteiger partial charge in [0.2, 0.25) is 5.91 Å². The lowest BCUT2D eigenvalue weighted by molar-refractivity contribution is -0.130. The standard InChI is InChI=1S/C22H26FN3O3S/c1-2-19-21(28)26(22(30-19)16-5-3-6-17(23)15-16)13-10-24-8-11-25(12-9-24)20(27)18-7-4-14-29-18/h3-7,14-15,19,22H,2,8-13H2,1H3/t19-,22-/m1/s1. The van der Waals surface area contributed by atoms with E-state index in [1.54, 1.807) is 34.9 Å². The number of amides is 2. The number of carbonyl (C=O) groups excluding carboxylic acids is 2. The van der Waals surface area contributed by atoms with Gasteiger partial charge in [-0.15, -0.1) is 11.8 Å². The first-order valence-electron chi connectivity index (χ1n) is 10.3. The number of halogens is 1. The third-order valence-electron chi connectivity index (χ3n) is 5.69. The number of hydrogen-bond acceptors (Lipinski definition) is 5. The van der Waals surface area contributed by atoms with Crippen molar-refractivity contribution in [3.8, 4) is 0 Å². The normalized spacial score (nSPS) is 22.7. The lowest BCUT2D eigenvalue weighted by Gasteiger charge is -2.35. The third-order valence-corrected chi connectivity index (χ3v) is 7.34. The number of hydrogen-bond donors (Lipinski definition) is 0. The van der Waals surface area contributed by atoms with Crippen molar-refractivity contribution >= 4 is 23.6 Å². The molecule has 30 heavy (non-hydrogen) atoms. The largest absolute Gasteiger partial charge is 0.459 e. The predicted octanol–water partition coefficient (Wildman–Crippen LogP) is 3.23. The number of benzene rings is 1. The van der Waals surface area contributed by atoms with Gasteiger partial charge in [-0.1, -0.05) is 19.1 Å². The van der Waals surface area contributed by atoms with Gasteiger partial charge < -0.3 is 14.2 Å². The van der Waals surface area contributed by atoms with Crippen LogP contribution in [0, 0.1) is 5.82 Å². The Hall–Kier alpha value is -2.32. The van der Waals surface area contributed by atoms with Crippen LogP contribution in [0.3, 0.4) is 0 Å². The van der Waals surface area contributed by atoms with Crippen LogP contribution in [-0.2, 0) is 4.79 Å². The van der Waals surface area contributed by atoms with Crippen molar-refractivity contribution in [2.24, 2.45) is 0 Å². The number of thioether (sulfide) groups is 1. The van der Waals surface area contributed by atoms with Gasteiger partial charge in [0.15, 0.2) is 5.76 Å². The van der Waals surface area contributed by atoms with Crippen LogP contribution in [0.15, 0.2) is 47.1 Å². The topological polar surface area (TPSA) is 57.0 Å². The van der Waals surface area contributed by atoms with Crippen LogP contribution in [0.4, 0.5) is 4.39 Å². The molecule has 4 rings (SSSR count). The summed E-state index contributed by atoms with van der Waals surface area (Å²) in [6.07, 6.45) is 2.27. The van der Waals surface area contributed by atoms with Crippen LogP contribution < -0.4 is 0 Å². The molecular formula is C22H26FN3O3S. The third kappa shape index (κ3) is 4.39. The van der Waals surface area contributed by atoms with E-state index in [-0.39, 0.29) is 28.3 Å². The number of nitrogens with zero attached hydrogens (tertiary/aromatic N) is 3. The summed E-state index contributed by atoms with van der Waals surface area (Å²) in [4.78, 5) is 31.2. The van der Waals surface area contributed by atoms with Gasteiger partial charge in [-0.2, -0.15) is 0 Å². The van der Waals surface area contributed by atoms with Gasteiger partial charge >= 0.3 is 0 Å². The summed E-state index contributed by atoms with van der Waals surface area (Å²) in [5.74, 6) is 0.135.